The Labute approximate surface area is 98.3 Å². The van der Waals surface area contributed by atoms with Gasteiger partial charge < -0.3 is 0 Å². The minimum Gasteiger partial charge on any atom is -0.207 e. The van der Waals surface area contributed by atoms with E-state index in [1.807, 2.05) is 0 Å². The molecule has 0 unspecified atom stereocenters. The van der Waals surface area contributed by atoms with Gasteiger partial charge in [0.1, 0.15) is 0 Å². The predicted octanol–water partition coefficient (Wildman–Crippen LogP) is 3.68. The fourth-order valence-corrected chi connectivity index (χ4v) is 2.30. The highest BCUT2D eigenvalue weighted by Gasteiger charge is 2.14. The summed E-state index contributed by atoms with van der Waals surface area (Å²) in [6, 6.07) is 2.44. The third kappa shape index (κ3) is 2.73. The summed E-state index contributed by atoms with van der Waals surface area (Å²) in [6.45, 7) is 0. The van der Waals surface area contributed by atoms with Crippen molar-refractivity contribution < 1.29 is 8.42 Å². The molecule has 0 amide bonds. The molecule has 1 aromatic carbocycles. The van der Waals surface area contributed by atoms with E-state index >= 15 is 0 Å². The standard InChI is InChI=1S/C6H2BrCl3O2S/c7-6-4(8)1-3(2-5(6)9)13(10,11)12/h1-2H. The highest BCUT2D eigenvalue weighted by molar-refractivity contribution is 9.10. The van der Waals surface area contributed by atoms with Crippen molar-refractivity contribution in [3.63, 3.8) is 0 Å². The van der Waals surface area contributed by atoms with Gasteiger partial charge in [-0.3, -0.25) is 0 Å². The molecule has 0 saturated heterocycles. The zero-order valence-corrected chi connectivity index (χ0v) is 10.6. The maximum atomic E-state index is 10.9. The smallest absolute Gasteiger partial charge is 0.207 e. The molecule has 0 saturated carbocycles. The third-order valence-electron chi connectivity index (χ3n) is 1.24. The first-order valence-electron chi connectivity index (χ1n) is 2.91. The number of hydrogen-bond donors (Lipinski definition) is 0. The molecule has 0 bridgehead atoms. The van der Waals surface area contributed by atoms with E-state index in [-0.39, 0.29) is 14.9 Å². The summed E-state index contributed by atoms with van der Waals surface area (Å²) >= 11 is 14.4. The molecule has 13 heavy (non-hydrogen) atoms. The van der Waals surface area contributed by atoms with Crippen molar-refractivity contribution in [2.24, 2.45) is 0 Å². The lowest BCUT2D eigenvalue weighted by Gasteiger charge is -2.01. The molecule has 0 aliphatic heterocycles. The number of hydrogen-bond acceptors (Lipinski definition) is 2. The summed E-state index contributed by atoms with van der Waals surface area (Å²) in [5.74, 6) is 0. The molecule has 72 valence electrons. The van der Waals surface area contributed by atoms with Gasteiger partial charge in [-0.05, 0) is 28.1 Å². The predicted molar refractivity (Wildman–Crippen MR) is 57.2 cm³/mol. The van der Waals surface area contributed by atoms with Crippen LogP contribution in [0.1, 0.15) is 0 Å². The zero-order chi connectivity index (χ0) is 10.2. The molecule has 0 aliphatic rings. The minimum absolute atomic E-state index is 0.118. The van der Waals surface area contributed by atoms with E-state index in [9.17, 15) is 8.42 Å². The van der Waals surface area contributed by atoms with Crippen molar-refractivity contribution >= 4 is 58.9 Å². The van der Waals surface area contributed by atoms with Crippen molar-refractivity contribution in [1.29, 1.82) is 0 Å². The number of rotatable bonds is 1. The molecule has 2 nitrogen and oxygen atoms in total. The van der Waals surface area contributed by atoms with E-state index in [2.05, 4.69) is 15.9 Å². The topological polar surface area (TPSA) is 34.1 Å². The van der Waals surface area contributed by atoms with Gasteiger partial charge in [-0.15, -0.1) is 0 Å². The van der Waals surface area contributed by atoms with Crippen LogP contribution in [0, 0.1) is 0 Å². The lowest BCUT2D eigenvalue weighted by molar-refractivity contribution is 0.609. The molecule has 0 spiro atoms. The maximum Gasteiger partial charge on any atom is 0.261 e. The van der Waals surface area contributed by atoms with Gasteiger partial charge >= 0.3 is 0 Å². The van der Waals surface area contributed by atoms with Gasteiger partial charge in [-0.2, -0.15) is 0 Å². The van der Waals surface area contributed by atoms with Gasteiger partial charge in [0, 0.05) is 10.7 Å². The highest BCUT2D eigenvalue weighted by Crippen LogP contribution is 2.33. The van der Waals surface area contributed by atoms with E-state index in [1.54, 1.807) is 0 Å². The molecule has 7 heteroatoms. The summed E-state index contributed by atoms with van der Waals surface area (Å²) in [6.07, 6.45) is 0. The first-order chi connectivity index (χ1) is 5.82. The molecular formula is C6H2BrCl3O2S. The van der Waals surface area contributed by atoms with Crippen LogP contribution >= 0.6 is 49.8 Å². The largest absolute Gasteiger partial charge is 0.261 e. The van der Waals surface area contributed by atoms with Crippen molar-refractivity contribution in [3.05, 3.63) is 26.7 Å². The van der Waals surface area contributed by atoms with Crippen LogP contribution in [0.3, 0.4) is 0 Å². The van der Waals surface area contributed by atoms with Gasteiger partial charge in [0.2, 0.25) is 0 Å². The zero-order valence-electron chi connectivity index (χ0n) is 5.89. The SMILES string of the molecule is O=S(=O)(Cl)c1cc(Cl)c(Br)c(Cl)c1. The minimum atomic E-state index is -3.78. The highest BCUT2D eigenvalue weighted by atomic mass is 79.9. The Kier molecular flexibility index (Phi) is 3.52. The van der Waals surface area contributed by atoms with Crippen LogP contribution in [0.2, 0.25) is 10.0 Å². The van der Waals surface area contributed by atoms with Crippen LogP contribution in [0.15, 0.2) is 21.5 Å². The van der Waals surface area contributed by atoms with E-state index in [4.69, 9.17) is 33.9 Å². The fourth-order valence-electron chi connectivity index (χ4n) is 0.673. The summed E-state index contributed by atoms with van der Waals surface area (Å²) in [4.78, 5) is -0.118. The average Bonchev–Trinajstić information content (AvgIpc) is 1.97. The normalized spacial score (nSPS) is 11.7. The molecule has 0 heterocycles. The van der Waals surface area contributed by atoms with Crippen LogP contribution in [0.25, 0.3) is 0 Å². The van der Waals surface area contributed by atoms with Crippen molar-refractivity contribution in [2.75, 3.05) is 0 Å². The maximum absolute atomic E-state index is 10.9. The second-order valence-electron chi connectivity index (χ2n) is 2.14. The van der Waals surface area contributed by atoms with Crippen LogP contribution < -0.4 is 0 Å². The lowest BCUT2D eigenvalue weighted by Crippen LogP contribution is -1.90. The van der Waals surface area contributed by atoms with E-state index in [0.717, 1.165) is 0 Å². The van der Waals surface area contributed by atoms with E-state index < -0.39 is 9.05 Å². The second-order valence-corrected chi connectivity index (χ2v) is 6.31. The van der Waals surface area contributed by atoms with Crippen LogP contribution in [0.4, 0.5) is 0 Å². The molecule has 0 atom stereocenters. The molecule has 0 aliphatic carbocycles. The Morgan fingerprint density at radius 3 is 1.85 bits per heavy atom. The fraction of sp³-hybridized carbons (Fsp3) is 0. The van der Waals surface area contributed by atoms with Gasteiger partial charge in [0.15, 0.2) is 0 Å². The second kappa shape index (κ2) is 3.95. The molecule has 0 aromatic heterocycles. The Balaban J connectivity index is 3.47. The summed E-state index contributed by atoms with van der Waals surface area (Å²) < 4.78 is 22.2. The van der Waals surface area contributed by atoms with Crippen molar-refractivity contribution in [1.82, 2.24) is 0 Å². The van der Waals surface area contributed by atoms with Gasteiger partial charge in [-0.1, -0.05) is 23.2 Å². The van der Waals surface area contributed by atoms with E-state index in [1.165, 1.54) is 12.1 Å². The average molecular weight is 324 g/mol. The van der Waals surface area contributed by atoms with Crippen LogP contribution in [-0.2, 0) is 9.05 Å². The molecular weight excluding hydrogens is 322 g/mol. The monoisotopic (exact) mass is 322 g/mol. The summed E-state index contributed by atoms with van der Waals surface area (Å²) in [7, 11) is 1.31. The third-order valence-corrected chi connectivity index (χ3v) is 4.48. The van der Waals surface area contributed by atoms with Gasteiger partial charge in [0.05, 0.1) is 19.4 Å². The Morgan fingerprint density at radius 1 is 1.15 bits per heavy atom. The Bertz CT molecular complexity index is 420. The van der Waals surface area contributed by atoms with E-state index in [0.29, 0.717) is 4.47 Å². The van der Waals surface area contributed by atoms with Crippen LogP contribution in [0.5, 0.6) is 0 Å². The molecule has 0 radical (unpaired) electrons. The summed E-state index contributed by atoms with van der Waals surface area (Å²) in [5, 5.41) is 0.401. The number of benzene rings is 1. The first-order valence-corrected chi connectivity index (χ1v) is 6.77. The first kappa shape index (κ1) is 11.6. The molecule has 0 N–H and O–H groups in total. The number of halogens is 4. The summed E-state index contributed by atoms with van der Waals surface area (Å²) in [5.41, 5.74) is 0. The van der Waals surface area contributed by atoms with Gasteiger partial charge in [-0.25, -0.2) is 8.42 Å². The van der Waals surface area contributed by atoms with Gasteiger partial charge in [0.25, 0.3) is 9.05 Å². The quantitative estimate of drug-likeness (QED) is 0.583. The lowest BCUT2D eigenvalue weighted by atomic mass is 10.4. The molecule has 1 rings (SSSR count). The molecule has 1 aromatic rings. The van der Waals surface area contributed by atoms with Crippen molar-refractivity contribution in [3.8, 4) is 0 Å². The molecule has 0 fully saturated rings. The Morgan fingerprint density at radius 2 is 1.54 bits per heavy atom. The van der Waals surface area contributed by atoms with Crippen molar-refractivity contribution in [2.45, 2.75) is 4.90 Å². The van der Waals surface area contributed by atoms with Crippen LogP contribution in [-0.4, -0.2) is 8.42 Å². The Hall–Kier alpha value is 0.520.